The number of carbonyl (C=O) groups excluding carboxylic acids is 2. The van der Waals surface area contributed by atoms with E-state index in [4.69, 9.17) is 14.7 Å². The van der Waals surface area contributed by atoms with Crippen LogP contribution in [0.1, 0.15) is 58.6 Å². The molecular weight excluding hydrogens is 556 g/mol. The van der Waals surface area contributed by atoms with Gasteiger partial charge in [-0.3, -0.25) is 9.36 Å². The number of imidazole rings is 1. The minimum atomic E-state index is -1.41. The largest absolute Gasteiger partial charge is 0.387 e. The maximum absolute atomic E-state index is 12.6. The fraction of sp³-hybridized carbons (Fsp3) is 0.750. The van der Waals surface area contributed by atoms with Crippen LogP contribution >= 0.6 is 0 Å². The van der Waals surface area contributed by atoms with E-state index in [0.29, 0.717) is 48.5 Å². The number of ether oxygens (including phenoxy) is 1. The first-order chi connectivity index (χ1) is 20.8. The molecule has 1 saturated carbocycles. The molecule has 15 nitrogen and oxygen atoms in total. The molecule has 6 atom stereocenters. The number of carbonyl (C=O) groups is 2. The highest BCUT2D eigenvalue weighted by molar-refractivity contribution is 5.85. The smallest absolute Gasteiger partial charge is 0.315 e. The molecule has 0 aromatic carbocycles. The van der Waals surface area contributed by atoms with E-state index in [1.54, 1.807) is 11.5 Å². The number of aliphatic hydroxyl groups excluding tert-OH is 2. The summed E-state index contributed by atoms with van der Waals surface area (Å²) in [6.07, 6.45) is 2.41. The molecular formula is C28H44N10O5. The molecule has 7 N–H and O–H groups in total. The summed E-state index contributed by atoms with van der Waals surface area (Å²) in [5.74, 6) is 1.27. The number of hydrogen-bond donors (Lipinski definition) is 7. The zero-order valence-corrected chi connectivity index (χ0v) is 24.8. The van der Waals surface area contributed by atoms with E-state index >= 15 is 0 Å². The number of aliphatic hydroxyl groups is 2. The number of fused-ring (bicyclic) bond motifs is 1. The van der Waals surface area contributed by atoms with Crippen LogP contribution in [0.3, 0.4) is 0 Å². The Balaban J connectivity index is 1.25. The third-order valence-electron chi connectivity index (χ3n) is 9.09. The van der Waals surface area contributed by atoms with Gasteiger partial charge in [0.05, 0.1) is 6.33 Å². The van der Waals surface area contributed by atoms with Crippen molar-refractivity contribution >= 4 is 34.9 Å². The molecule has 6 rings (SSSR count). The monoisotopic (exact) mass is 600 g/mol. The number of amides is 3. The van der Waals surface area contributed by atoms with Crippen molar-refractivity contribution in [1.82, 2.24) is 40.8 Å². The number of likely N-dealkylation sites (N-methyl/N-ethyl adjacent to an activating group) is 1. The molecule has 3 amide bonds. The molecule has 0 spiro atoms. The lowest BCUT2D eigenvalue weighted by atomic mass is 9.87. The Morgan fingerprint density at radius 3 is 2.58 bits per heavy atom. The van der Waals surface area contributed by atoms with Crippen LogP contribution in [0.2, 0.25) is 0 Å². The van der Waals surface area contributed by atoms with E-state index in [0.717, 1.165) is 51.6 Å². The van der Waals surface area contributed by atoms with Crippen molar-refractivity contribution in [1.29, 1.82) is 0 Å². The Morgan fingerprint density at radius 2 is 1.84 bits per heavy atom. The molecule has 236 valence electrons. The van der Waals surface area contributed by atoms with Crippen LogP contribution in [0.15, 0.2) is 6.33 Å². The van der Waals surface area contributed by atoms with Crippen molar-refractivity contribution in [3.8, 4) is 0 Å². The molecule has 3 saturated heterocycles. The van der Waals surface area contributed by atoms with Gasteiger partial charge in [-0.15, -0.1) is 0 Å². The van der Waals surface area contributed by atoms with Crippen LogP contribution in [-0.4, -0.2) is 111 Å². The highest BCUT2D eigenvalue weighted by atomic mass is 16.6. The van der Waals surface area contributed by atoms with Gasteiger partial charge in [-0.1, -0.05) is 6.92 Å². The van der Waals surface area contributed by atoms with Gasteiger partial charge >= 0.3 is 6.03 Å². The molecule has 0 unspecified atom stereocenters. The quantitative estimate of drug-likeness (QED) is 0.213. The van der Waals surface area contributed by atoms with Crippen LogP contribution in [0, 0.1) is 5.92 Å². The number of hydrogen-bond acceptors (Lipinski definition) is 11. The standard InChI is InChI=1S/C28H44N10O5/c1-3-30-25(41)22-20(39)21(40)26(43-22)38-14-31-19-23(32-16-6-4-15(2)5-7-16)35-27(36-24(19)38)37-11-9-18(13-37)34-28(42)33-17-8-10-29-12-17/h14-18,20-22,26,29,39-40H,3-13H2,1-2H3,(H,30,41)(H,32,35,36)(H2,33,34,42)/t15?,16?,17-,18-,20+,21-,22+,26-/m1/s1. The fourth-order valence-electron chi connectivity index (χ4n) is 6.56. The van der Waals surface area contributed by atoms with E-state index in [1.807, 2.05) is 4.90 Å². The summed E-state index contributed by atoms with van der Waals surface area (Å²) in [6.45, 7) is 7.29. The third kappa shape index (κ3) is 6.35. The number of aromatic nitrogens is 4. The molecule has 5 heterocycles. The Labute approximate surface area is 250 Å². The van der Waals surface area contributed by atoms with Gasteiger partial charge in [-0.25, -0.2) is 9.78 Å². The highest BCUT2D eigenvalue weighted by Crippen LogP contribution is 2.35. The highest BCUT2D eigenvalue weighted by Gasteiger charge is 2.48. The fourth-order valence-corrected chi connectivity index (χ4v) is 6.56. The molecule has 4 fully saturated rings. The molecule has 15 heteroatoms. The first kappa shape index (κ1) is 29.8. The molecule has 3 aliphatic heterocycles. The predicted molar refractivity (Wildman–Crippen MR) is 159 cm³/mol. The summed E-state index contributed by atoms with van der Waals surface area (Å²) < 4.78 is 7.46. The Morgan fingerprint density at radius 1 is 1.05 bits per heavy atom. The summed E-state index contributed by atoms with van der Waals surface area (Å²) in [5.41, 5.74) is 0.944. The lowest BCUT2D eigenvalue weighted by Gasteiger charge is -2.28. The van der Waals surface area contributed by atoms with Gasteiger partial charge in [0.1, 0.15) is 12.2 Å². The summed E-state index contributed by atoms with van der Waals surface area (Å²) >= 11 is 0. The molecule has 2 aromatic rings. The number of nitrogens with one attached hydrogen (secondary N) is 5. The zero-order valence-electron chi connectivity index (χ0n) is 24.8. The summed E-state index contributed by atoms with van der Waals surface area (Å²) in [4.78, 5) is 41.5. The number of urea groups is 1. The average molecular weight is 601 g/mol. The Bertz CT molecular complexity index is 1290. The van der Waals surface area contributed by atoms with Crippen LogP contribution in [0.4, 0.5) is 16.6 Å². The molecule has 43 heavy (non-hydrogen) atoms. The van der Waals surface area contributed by atoms with Gasteiger partial charge in [0.2, 0.25) is 5.95 Å². The second kappa shape index (κ2) is 12.8. The molecule has 0 radical (unpaired) electrons. The van der Waals surface area contributed by atoms with Gasteiger partial charge in [0.25, 0.3) is 5.91 Å². The first-order valence-corrected chi connectivity index (χ1v) is 15.6. The van der Waals surface area contributed by atoms with Crippen molar-refractivity contribution in [3.05, 3.63) is 6.33 Å². The van der Waals surface area contributed by atoms with Gasteiger partial charge in [-0.2, -0.15) is 9.97 Å². The van der Waals surface area contributed by atoms with Crippen molar-refractivity contribution < 1.29 is 24.5 Å². The average Bonchev–Trinajstić information content (AvgIpc) is 3.79. The van der Waals surface area contributed by atoms with Gasteiger partial charge < -0.3 is 46.4 Å². The summed E-state index contributed by atoms with van der Waals surface area (Å²) in [5, 5.41) is 37.2. The van der Waals surface area contributed by atoms with Gasteiger partial charge in [-0.05, 0) is 57.9 Å². The van der Waals surface area contributed by atoms with Gasteiger partial charge in [0, 0.05) is 44.3 Å². The van der Waals surface area contributed by atoms with Gasteiger partial charge in [0.15, 0.2) is 29.3 Å². The Hall–Kier alpha value is -3.27. The summed E-state index contributed by atoms with van der Waals surface area (Å²) in [7, 11) is 0. The number of anilines is 2. The van der Waals surface area contributed by atoms with Crippen LogP contribution in [0.5, 0.6) is 0 Å². The van der Waals surface area contributed by atoms with Crippen LogP contribution in [-0.2, 0) is 9.53 Å². The number of nitrogens with zero attached hydrogens (tertiary/aromatic N) is 5. The second-order valence-electron chi connectivity index (χ2n) is 12.4. The van der Waals surface area contributed by atoms with E-state index < -0.39 is 30.4 Å². The van der Waals surface area contributed by atoms with Crippen molar-refractivity contribution in [2.24, 2.45) is 5.92 Å². The maximum atomic E-state index is 12.6. The normalized spacial score (nSPS) is 32.7. The topological polar surface area (TPSA) is 191 Å². The lowest BCUT2D eigenvalue weighted by molar-refractivity contribution is -0.137. The van der Waals surface area contributed by atoms with Crippen molar-refractivity contribution in [2.75, 3.05) is 42.9 Å². The minimum absolute atomic E-state index is 0.0669. The van der Waals surface area contributed by atoms with Crippen molar-refractivity contribution in [2.45, 2.75) is 95.0 Å². The van der Waals surface area contributed by atoms with Crippen LogP contribution < -0.4 is 31.5 Å². The maximum Gasteiger partial charge on any atom is 0.315 e. The van der Waals surface area contributed by atoms with E-state index in [9.17, 15) is 19.8 Å². The Kier molecular flexibility index (Phi) is 8.84. The van der Waals surface area contributed by atoms with Crippen molar-refractivity contribution in [3.63, 3.8) is 0 Å². The molecule has 2 aromatic heterocycles. The predicted octanol–water partition coefficient (Wildman–Crippen LogP) is -0.188. The zero-order chi connectivity index (χ0) is 30.1. The van der Waals surface area contributed by atoms with Crippen LogP contribution in [0.25, 0.3) is 11.2 Å². The van der Waals surface area contributed by atoms with E-state index in [-0.39, 0.29) is 24.2 Å². The summed E-state index contributed by atoms with van der Waals surface area (Å²) in [6, 6.07) is 0.143. The lowest BCUT2D eigenvalue weighted by Crippen LogP contribution is -2.47. The number of rotatable bonds is 8. The third-order valence-corrected chi connectivity index (χ3v) is 9.09. The molecule has 4 aliphatic rings. The molecule has 1 aliphatic carbocycles. The molecule has 0 bridgehead atoms. The van der Waals surface area contributed by atoms with E-state index in [1.165, 1.54) is 6.33 Å². The minimum Gasteiger partial charge on any atom is -0.387 e. The second-order valence-corrected chi connectivity index (χ2v) is 12.4. The van der Waals surface area contributed by atoms with E-state index in [2.05, 4.69) is 38.5 Å². The SMILES string of the molecule is CCNC(=O)[C@H]1O[C@@H](n2cnc3c(NC4CCC(C)CC4)nc(N4CC[C@@H](NC(=O)N[C@@H]5CCNC5)C4)nc32)[C@H](O)[C@@H]1O. The first-order valence-electron chi connectivity index (χ1n) is 15.6.